The number of para-hydroxylation sites is 2. The van der Waals surface area contributed by atoms with Gasteiger partial charge < -0.3 is 10.6 Å². The Bertz CT molecular complexity index is 980. The van der Waals surface area contributed by atoms with Crippen LogP contribution >= 0.6 is 34.9 Å². The van der Waals surface area contributed by atoms with E-state index in [0.29, 0.717) is 5.11 Å². The van der Waals surface area contributed by atoms with E-state index in [1.54, 1.807) is 22.7 Å². The molecule has 0 aliphatic carbocycles. The van der Waals surface area contributed by atoms with Crippen molar-refractivity contribution >= 4 is 70.7 Å². The van der Waals surface area contributed by atoms with Crippen LogP contribution in [0.1, 0.15) is 11.1 Å². The molecule has 0 aliphatic heterocycles. The van der Waals surface area contributed by atoms with Gasteiger partial charge in [-0.05, 0) is 49.3 Å². The van der Waals surface area contributed by atoms with E-state index < -0.39 is 0 Å². The van der Waals surface area contributed by atoms with Crippen LogP contribution in [0.25, 0.3) is 20.4 Å². The number of rotatable bonds is 2. The van der Waals surface area contributed by atoms with Crippen molar-refractivity contribution in [2.24, 2.45) is 0 Å². The summed E-state index contributed by atoms with van der Waals surface area (Å²) in [5.41, 5.74) is 4.36. The van der Waals surface area contributed by atoms with Gasteiger partial charge in [-0.25, -0.2) is 9.97 Å². The highest BCUT2D eigenvalue weighted by Gasteiger charge is 2.10. The van der Waals surface area contributed by atoms with Gasteiger partial charge in [0.1, 0.15) is 0 Å². The zero-order chi connectivity index (χ0) is 16.7. The van der Waals surface area contributed by atoms with E-state index in [0.717, 1.165) is 41.8 Å². The standard InChI is InChI=1S/C17H14N4S3/c1-9-5-3-7-11-13(9)18-16(23-11)20-15(22)21-17-19-14-10(2)6-4-8-12(14)24-17/h3-8H,1-2H3,(H2,18,19,20,21,22). The first-order valence-electron chi connectivity index (χ1n) is 7.40. The Morgan fingerprint density at radius 2 is 1.29 bits per heavy atom. The van der Waals surface area contributed by atoms with Gasteiger partial charge >= 0.3 is 0 Å². The quantitative estimate of drug-likeness (QED) is 0.467. The number of nitrogens with zero attached hydrogens (tertiary/aromatic N) is 2. The summed E-state index contributed by atoms with van der Waals surface area (Å²) in [6.07, 6.45) is 0. The van der Waals surface area contributed by atoms with Crippen LogP contribution in [0.3, 0.4) is 0 Å². The largest absolute Gasteiger partial charge is 0.308 e. The monoisotopic (exact) mass is 370 g/mol. The van der Waals surface area contributed by atoms with Crippen molar-refractivity contribution in [3.05, 3.63) is 47.5 Å². The molecule has 0 radical (unpaired) electrons. The van der Waals surface area contributed by atoms with Gasteiger partial charge in [0.25, 0.3) is 0 Å². The predicted molar refractivity (Wildman–Crippen MR) is 109 cm³/mol. The Morgan fingerprint density at radius 3 is 1.71 bits per heavy atom. The van der Waals surface area contributed by atoms with E-state index in [1.807, 2.05) is 12.1 Å². The molecular formula is C17H14N4S3. The van der Waals surface area contributed by atoms with E-state index in [4.69, 9.17) is 12.2 Å². The molecule has 4 rings (SSSR count). The lowest BCUT2D eigenvalue weighted by Crippen LogP contribution is -2.18. The molecule has 2 N–H and O–H groups in total. The second kappa shape index (κ2) is 6.08. The van der Waals surface area contributed by atoms with Gasteiger partial charge in [-0.15, -0.1) is 0 Å². The lowest BCUT2D eigenvalue weighted by Gasteiger charge is -2.04. The molecule has 0 atom stereocenters. The minimum atomic E-state index is 0.503. The fourth-order valence-corrected chi connectivity index (χ4v) is 4.72. The van der Waals surface area contributed by atoms with Crippen molar-refractivity contribution in [1.29, 1.82) is 0 Å². The Labute approximate surface area is 152 Å². The zero-order valence-corrected chi connectivity index (χ0v) is 15.5. The van der Waals surface area contributed by atoms with E-state index in [-0.39, 0.29) is 0 Å². The Morgan fingerprint density at radius 1 is 0.833 bits per heavy atom. The third kappa shape index (κ3) is 2.86. The molecule has 7 heteroatoms. The number of fused-ring (bicyclic) bond motifs is 2. The molecule has 2 heterocycles. The number of hydrogen-bond acceptors (Lipinski definition) is 5. The summed E-state index contributed by atoms with van der Waals surface area (Å²) in [4.78, 5) is 9.23. The third-order valence-corrected chi connectivity index (χ3v) is 5.76. The van der Waals surface area contributed by atoms with Gasteiger partial charge in [0, 0.05) is 0 Å². The van der Waals surface area contributed by atoms with Crippen molar-refractivity contribution in [1.82, 2.24) is 9.97 Å². The van der Waals surface area contributed by atoms with E-state index >= 15 is 0 Å². The van der Waals surface area contributed by atoms with Gasteiger partial charge in [0.2, 0.25) is 0 Å². The Kier molecular flexibility index (Phi) is 3.91. The second-order valence-corrected chi connectivity index (χ2v) is 7.93. The molecule has 0 saturated heterocycles. The van der Waals surface area contributed by atoms with Crippen LogP contribution in [-0.2, 0) is 0 Å². The summed E-state index contributed by atoms with van der Waals surface area (Å²) in [6.45, 7) is 4.12. The molecule has 2 aromatic carbocycles. The molecule has 0 bridgehead atoms. The van der Waals surface area contributed by atoms with Crippen LogP contribution < -0.4 is 10.6 Å². The van der Waals surface area contributed by atoms with Gasteiger partial charge in [0.05, 0.1) is 20.4 Å². The number of nitrogens with one attached hydrogen (secondary N) is 2. The molecule has 0 saturated carbocycles. The highest BCUT2D eigenvalue weighted by atomic mass is 32.1. The molecule has 120 valence electrons. The molecule has 0 unspecified atom stereocenters. The molecule has 0 fully saturated rings. The van der Waals surface area contributed by atoms with Crippen LogP contribution in [0.15, 0.2) is 36.4 Å². The smallest absolute Gasteiger partial charge is 0.190 e. The van der Waals surface area contributed by atoms with Crippen molar-refractivity contribution in [2.45, 2.75) is 13.8 Å². The summed E-state index contributed by atoms with van der Waals surface area (Å²) < 4.78 is 2.30. The molecule has 0 aliphatic rings. The number of thiazole rings is 2. The van der Waals surface area contributed by atoms with E-state index in [9.17, 15) is 0 Å². The van der Waals surface area contributed by atoms with Gasteiger partial charge in [-0.1, -0.05) is 46.9 Å². The van der Waals surface area contributed by atoms with Crippen LogP contribution in [-0.4, -0.2) is 15.1 Å². The predicted octanol–water partition coefficient (Wildman–Crippen LogP) is 5.33. The first-order valence-corrected chi connectivity index (χ1v) is 9.44. The second-order valence-electron chi connectivity index (χ2n) is 5.46. The number of anilines is 2. The number of aromatic nitrogens is 2. The summed E-state index contributed by atoms with van der Waals surface area (Å²) >= 11 is 8.59. The average Bonchev–Trinajstić information content (AvgIpc) is 3.12. The fraction of sp³-hybridized carbons (Fsp3) is 0.118. The summed E-state index contributed by atoms with van der Waals surface area (Å²) in [5.74, 6) is 0. The number of benzene rings is 2. The van der Waals surface area contributed by atoms with Crippen LogP contribution in [0, 0.1) is 13.8 Å². The molecule has 0 spiro atoms. The number of thiocarbonyl (C=S) groups is 1. The molecule has 24 heavy (non-hydrogen) atoms. The first kappa shape index (κ1) is 15.4. The number of aryl methyl sites for hydroxylation is 2. The maximum Gasteiger partial charge on any atom is 0.190 e. The van der Waals surface area contributed by atoms with Crippen molar-refractivity contribution in [3.63, 3.8) is 0 Å². The van der Waals surface area contributed by atoms with Gasteiger partial charge in [-0.3, -0.25) is 0 Å². The minimum absolute atomic E-state index is 0.503. The zero-order valence-electron chi connectivity index (χ0n) is 13.1. The fourth-order valence-electron chi connectivity index (χ4n) is 2.50. The lowest BCUT2D eigenvalue weighted by atomic mass is 10.2. The molecule has 2 aromatic heterocycles. The molecule has 0 amide bonds. The van der Waals surface area contributed by atoms with Crippen molar-refractivity contribution in [2.75, 3.05) is 10.6 Å². The SMILES string of the molecule is Cc1cccc2sc(NC(=S)Nc3nc4c(C)cccc4s3)nc12. The summed E-state index contributed by atoms with van der Waals surface area (Å²) in [6, 6.07) is 12.3. The highest BCUT2D eigenvalue weighted by Crippen LogP contribution is 2.29. The van der Waals surface area contributed by atoms with Crippen LogP contribution in [0.2, 0.25) is 0 Å². The average molecular weight is 371 g/mol. The van der Waals surface area contributed by atoms with Crippen molar-refractivity contribution < 1.29 is 0 Å². The van der Waals surface area contributed by atoms with Crippen molar-refractivity contribution in [3.8, 4) is 0 Å². The van der Waals surface area contributed by atoms with Gasteiger partial charge in [0.15, 0.2) is 15.4 Å². The minimum Gasteiger partial charge on any atom is -0.308 e. The maximum absolute atomic E-state index is 5.40. The molecule has 4 aromatic rings. The highest BCUT2D eigenvalue weighted by molar-refractivity contribution is 7.80. The third-order valence-electron chi connectivity index (χ3n) is 3.68. The summed E-state index contributed by atoms with van der Waals surface area (Å²) in [5, 5.41) is 8.40. The van der Waals surface area contributed by atoms with E-state index in [1.165, 1.54) is 0 Å². The van der Waals surface area contributed by atoms with Crippen LogP contribution in [0.5, 0.6) is 0 Å². The van der Waals surface area contributed by atoms with E-state index in [2.05, 4.69) is 58.7 Å². The lowest BCUT2D eigenvalue weighted by molar-refractivity contribution is 1.40. The topological polar surface area (TPSA) is 49.8 Å². The Balaban J connectivity index is 1.54. The van der Waals surface area contributed by atoms with Crippen LogP contribution in [0.4, 0.5) is 10.3 Å². The number of hydrogen-bond donors (Lipinski definition) is 2. The first-order chi connectivity index (χ1) is 11.6. The van der Waals surface area contributed by atoms with Gasteiger partial charge in [-0.2, -0.15) is 0 Å². The normalized spacial score (nSPS) is 11.1. The summed E-state index contributed by atoms with van der Waals surface area (Å²) in [7, 11) is 0. The molecular weight excluding hydrogens is 356 g/mol. The Hall–Kier alpha value is -2.09. The maximum atomic E-state index is 5.40. The molecule has 4 nitrogen and oxygen atoms in total.